The van der Waals surface area contributed by atoms with Crippen molar-refractivity contribution in [3.8, 4) is 0 Å². The number of hydrogen-bond acceptors (Lipinski definition) is 2. The van der Waals surface area contributed by atoms with Crippen LogP contribution in [-0.2, 0) is 0 Å². The largest absolute Gasteiger partial charge is 0.271 e. The van der Waals surface area contributed by atoms with E-state index < -0.39 is 40.7 Å². The topological polar surface area (TPSA) is 38.0 Å². The second-order valence-electron chi connectivity index (χ2n) is 2.87. The fraction of sp³-hybridized carbons (Fsp3) is 0.250. The van der Waals surface area contributed by atoms with Crippen molar-refractivity contribution in [2.75, 3.05) is 0 Å². The first-order valence-electron chi connectivity index (χ1n) is 3.89. The van der Waals surface area contributed by atoms with Crippen molar-refractivity contribution < 1.29 is 22.0 Å². The van der Waals surface area contributed by atoms with E-state index in [9.17, 15) is 22.0 Å². The lowest BCUT2D eigenvalue weighted by Crippen LogP contribution is -2.28. The maximum Gasteiger partial charge on any atom is 0.200 e. The molecule has 0 saturated heterocycles. The van der Waals surface area contributed by atoms with Gasteiger partial charge >= 0.3 is 0 Å². The van der Waals surface area contributed by atoms with Crippen LogP contribution in [0.25, 0.3) is 0 Å². The van der Waals surface area contributed by atoms with Crippen molar-refractivity contribution in [2.45, 2.75) is 13.0 Å². The smallest absolute Gasteiger partial charge is 0.200 e. The van der Waals surface area contributed by atoms with E-state index in [0.29, 0.717) is 0 Å². The Balaban J connectivity index is 3.52. The Morgan fingerprint density at radius 3 is 1.53 bits per heavy atom. The number of nitrogens with two attached hydrogens (primary N) is 1. The summed E-state index contributed by atoms with van der Waals surface area (Å²) in [5.41, 5.74) is 0.923. The van der Waals surface area contributed by atoms with E-state index >= 15 is 0 Å². The molecule has 2 nitrogen and oxygen atoms in total. The number of nitrogens with one attached hydrogen (secondary N) is 1. The zero-order valence-electron chi connectivity index (χ0n) is 7.54. The number of rotatable bonds is 2. The van der Waals surface area contributed by atoms with Gasteiger partial charge < -0.3 is 0 Å². The zero-order valence-corrected chi connectivity index (χ0v) is 7.54. The van der Waals surface area contributed by atoms with Gasteiger partial charge in [0.25, 0.3) is 0 Å². The number of halogens is 5. The number of hydrazine groups is 1. The van der Waals surface area contributed by atoms with Crippen LogP contribution in [0.5, 0.6) is 0 Å². The second kappa shape index (κ2) is 4.11. The van der Waals surface area contributed by atoms with Gasteiger partial charge in [-0.1, -0.05) is 0 Å². The molecule has 0 saturated carbocycles. The molecule has 0 radical (unpaired) electrons. The van der Waals surface area contributed by atoms with Gasteiger partial charge in [-0.25, -0.2) is 22.0 Å². The Bertz CT molecular complexity index is 364. The van der Waals surface area contributed by atoms with Gasteiger partial charge in [0.15, 0.2) is 23.3 Å². The van der Waals surface area contributed by atoms with Crippen molar-refractivity contribution in [2.24, 2.45) is 5.84 Å². The standard InChI is InChI=1S/C8H7F5N2/c1-2(15-14)3-4(9)6(11)8(13)7(12)5(3)10/h2,15H,14H2,1H3. The van der Waals surface area contributed by atoms with Crippen LogP contribution in [-0.4, -0.2) is 0 Å². The molecule has 0 aliphatic rings. The first kappa shape index (κ1) is 11.9. The van der Waals surface area contributed by atoms with Crippen LogP contribution in [0, 0.1) is 29.1 Å². The first-order chi connectivity index (χ1) is 6.91. The third-order valence-electron chi connectivity index (χ3n) is 1.93. The first-order valence-corrected chi connectivity index (χ1v) is 3.89. The molecule has 84 valence electrons. The summed E-state index contributed by atoms with van der Waals surface area (Å²) in [5.74, 6) is -5.04. The van der Waals surface area contributed by atoms with Gasteiger partial charge in [-0.3, -0.25) is 11.3 Å². The number of benzene rings is 1. The molecule has 1 atom stereocenters. The molecular weight excluding hydrogens is 219 g/mol. The minimum Gasteiger partial charge on any atom is -0.271 e. The summed E-state index contributed by atoms with van der Waals surface area (Å²) in [4.78, 5) is 0. The summed E-state index contributed by atoms with van der Waals surface area (Å²) in [7, 11) is 0. The molecule has 3 N–H and O–H groups in total. The van der Waals surface area contributed by atoms with Gasteiger partial charge in [0.1, 0.15) is 0 Å². The quantitative estimate of drug-likeness (QED) is 0.266. The molecular formula is C8H7F5N2. The molecule has 1 aromatic rings. The van der Waals surface area contributed by atoms with E-state index in [0.717, 1.165) is 6.92 Å². The predicted molar refractivity (Wildman–Crippen MR) is 42.0 cm³/mol. The molecule has 0 fully saturated rings. The van der Waals surface area contributed by atoms with Crippen molar-refractivity contribution in [1.29, 1.82) is 0 Å². The highest BCUT2D eigenvalue weighted by molar-refractivity contribution is 5.26. The normalized spacial score (nSPS) is 13.0. The van der Waals surface area contributed by atoms with Gasteiger partial charge in [-0.15, -0.1) is 0 Å². The predicted octanol–water partition coefficient (Wildman–Crippen LogP) is 1.91. The monoisotopic (exact) mass is 226 g/mol. The lowest BCUT2D eigenvalue weighted by molar-refractivity contribution is 0.360. The number of hydrogen-bond donors (Lipinski definition) is 2. The van der Waals surface area contributed by atoms with E-state index in [1.54, 1.807) is 0 Å². The van der Waals surface area contributed by atoms with Crippen LogP contribution < -0.4 is 11.3 Å². The summed E-state index contributed by atoms with van der Waals surface area (Å²) in [6.07, 6.45) is 0. The van der Waals surface area contributed by atoms with Crippen LogP contribution in [0.4, 0.5) is 22.0 Å². The van der Waals surface area contributed by atoms with Crippen LogP contribution in [0.2, 0.25) is 0 Å². The Hall–Kier alpha value is -1.21. The lowest BCUT2D eigenvalue weighted by atomic mass is 10.1. The maximum absolute atomic E-state index is 13.0. The van der Waals surface area contributed by atoms with E-state index in [1.807, 2.05) is 5.43 Å². The highest BCUT2D eigenvalue weighted by atomic mass is 19.2. The minimum absolute atomic E-state index is 0.978. The highest BCUT2D eigenvalue weighted by Crippen LogP contribution is 2.26. The Morgan fingerprint density at radius 2 is 1.20 bits per heavy atom. The van der Waals surface area contributed by atoms with Gasteiger partial charge in [-0.05, 0) is 6.92 Å². The van der Waals surface area contributed by atoms with Gasteiger partial charge in [0.05, 0.1) is 0 Å². The van der Waals surface area contributed by atoms with E-state index in [-0.39, 0.29) is 0 Å². The SMILES string of the molecule is CC(NN)c1c(F)c(F)c(F)c(F)c1F. The lowest BCUT2D eigenvalue weighted by Gasteiger charge is -2.13. The average molecular weight is 226 g/mol. The summed E-state index contributed by atoms with van der Waals surface area (Å²) in [6, 6.07) is -1.19. The fourth-order valence-corrected chi connectivity index (χ4v) is 1.09. The summed E-state index contributed by atoms with van der Waals surface area (Å²) < 4.78 is 64.0. The van der Waals surface area contributed by atoms with Gasteiger partial charge in [0.2, 0.25) is 5.82 Å². The van der Waals surface area contributed by atoms with Crippen molar-refractivity contribution in [3.05, 3.63) is 34.6 Å². The fourth-order valence-electron chi connectivity index (χ4n) is 1.09. The molecule has 0 heterocycles. The Morgan fingerprint density at radius 1 is 0.867 bits per heavy atom. The van der Waals surface area contributed by atoms with Crippen LogP contribution in [0.3, 0.4) is 0 Å². The molecule has 0 aliphatic carbocycles. The van der Waals surface area contributed by atoms with Crippen LogP contribution in [0.15, 0.2) is 0 Å². The van der Waals surface area contributed by atoms with E-state index in [2.05, 4.69) is 0 Å². The highest BCUT2D eigenvalue weighted by Gasteiger charge is 2.27. The third kappa shape index (κ3) is 1.80. The maximum atomic E-state index is 13.0. The molecule has 7 heteroatoms. The molecule has 15 heavy (non-hydrogen) atoms. The van der Waals surface area contributed by atoms with Crippen molar-refractivity contribution >= 4 is 0 Å². The molecule has 0 aliphatic heterocycles. The van der Waals surface area contributed by atoms with E-state index in [1.165, 1.54) is 0 Å². The van der Waals surface area contributed by atoms with Gasteiger partial charge in [-0.2, -0.15) is 0 Å². The van der Waals surface area contributed by atoms with Crippen molar-refractivity contribution in [1.82, 2.24) is 5.43 Å². The zero-order chi connectivity index (χ0) is 11.7. The Kier molecular flexibility index (Phi) is 3.25. The summed E-state index contributed by atoms with van der Waals surface area (Å²) >= 11 is 0. The van der Waals surface area contributed by atoms with Crippen LogP contribution >= 0.6 is 0 Å². The molecule has 0 aromatic heterocycles. The van der Waals surface area contributed by atoms with Gasteiger partial charge in [0, 0.05) is 11.6 Å². The van der Waals surface area contributed by atoms with E-state index in [4.69, 9.17) is 5.84 Å². The Labute approximate surface area is 81.8 Å². The summed E-state index contributed by atoms with van der Waals surface area (Å²) in [6.45, 7) is 1.16. The van der Waals surface area contributed by atoms with Crippen LogP contribution in [0.1, 0.15) is 18.5 Å². The minimum atomic E-state index is -2.18. The molecule has 1 aromatic carbocycles. The average Bonchev–Trinajstić information content (AvgIpc) is 2.23. The molecule has 1 unspecified atom stereocenters. The summed E-state index contributed by atoms with van der Waals surface area (Å²) in [5, 5.41) is 0. The molecule has 0 spiro atoms. The molecule has 0 bridgehead atoms. The molecule has 0 amide bonds. The third-order valence-corrected chi connectivity index (χ3v) is 1.93. The van der Waals surface area contributed by atoms with Crippen molar-refractivity contribution in [3.63, 3.8) is 0 Å². The second-order valence-corrected chi connectivity index (χ2v) is 2.87. The molecule has 1 rings (SSSR count).